The molecule has 2 aliphatic heterocycles. The minimum atomic E-state index is -0.483. The summed E-state index contributed by atoms with van der Waals surface area (Å²) in [6.45, 7) is 2.72. The van der Waals surface area contributed by atoms with Gasteiger partial charge in [-0.05, 0) is 36.4 Å². The van der Waals surface area contributed by atoms with Gasteiger partial charge >= 0.3 is 0 Å². The topological polar surface area (TPSA) is 61.9 Å². The van der Waals surface area contributed by atoms with Crippen molar-refractivity contribution in [2.45, 2.75) is 6.42 Å². The Hall–Kier alpha value is -2.45. The Morgan fingerprint density at radius 2 is 1.97 bits per heavy atom. The third kappa shape index (κ3) is 4.43. The van der Waals surface area contributed by atoms with E-state index in [9.17, 15) is 14.0 Å². The van der Waals surface area contributed by atoms with Gasteiger partial charge in [-0.15, -0.1) is 0 Å². The molecule has 2 aliphatic rings. The van der Waals surface area contributed by atoms with Crippen molar-refractivity contribution in [3.8, 4) is 0 Å². The van der Waals surface area contributed by atoms with Crippen LogP contribution in [0.25, 0.3) is 0 Å². The van der Waals surface area contributed by atoms with Crippen LogP contribution in [0, 0.1) is 11.7 Å². The summed E-state index contributed by atoms with van der Waals surface area (Å²) < 4.78 is 20.7. The van der Waals surface area contributed by atoms with E-state index in [-0.39, 0.29) is 24.1 Å². The van der Waals surface area contributed by atoms with Crippen LogP contribution in [0.15, 0.2) is 46.9 Å². The van der Waals surface area contributed by atoms with Crippen molar-refractivity contribution in [3.05, 3.63) is 52.8 Å². The molecule has 29 heavy (non-hydrogen) atoms. The minimum absolute atomic E-state index is 0.0999. The van der Waals surface area contributed by atoms with Gasteiger partial charge in [0.1, 0.15) is 5.82 Å². The summed E-state index contributed by atoms with van der Waals surface area (Å²) in [7, 11) is 0. The monoisotopic (exact) mass is 461 g/mol. The van der Waals surface area contributed by atoms with Gasteiger partial charge < -0.3 is 19.9 Å². The number of halogens is 2. The maximum Gasteiger partial charge on any atom is 0.229 e. The van der Waals surface area contributed by atoms with Gasteiger partial charge in [-0.3, -0.25) is 9.59 Å². The number of ether oxygens (including phenoxy) is 1. The molecular weight excluding hydrogens is 441 g/mol. The van der Waals surface area contributed by atoms with Gasteiger partial charge in [0.15, 0.2) is 0 Å². The van der Waals surface area contributed by atoms with Crippen LogP contribution in [0.1, 0.15) is 6.42 Å². The van der Waals surface area contributed by atoms with Crippen molar-refractivity contribution in [3.63, 3.8) is 0 Å². The van der Waals surface area contributed by atoms with Crippen LogP contribution in [0.4, 0.5) is 21.5 Å². The lowest BCUT2D eigenvalue weighted by atomic mass is 10.1. The Morgan fingerprint density at radius 3 is 2.69 bits per heavy atom. The maximum absolute atomic E-state index is 14.5. The SMILES string of the molecule is O=C(Nc1ccc(N2CCOCC2)c(F)c1)C1CC(=O)N(c2cccc(Br)c2)C1. The van der Waals surface area contributed by atoms with Gasteiger partial charge in [-0.25, -0.2) is 4.39 Å². The zero-order chi connectivity index (χ0) is 20.4. The minimum Gasteiger partial charge on any atom is -0.378 e. The third-order valence-corrected chi connectivity index (χ3v) is 5.68. The van der Waals surface area contributed by atoms with E-state index < -0.39 is 5.92 Å². The molecule has 2 saturated heterocycles. The Morgan fingerprint density at radius 1 is 1.17 bits per heavy atom. The number of carbonyl (C=O) groups is 2. The molecule has 2 aromatic carbocycles. The van der Waals surface area contributed by atoms with E-state index >= 15 is 0 Å². The lowest BCUT2D eigenvalue weighted by Gasteiger charge is -2.29. The zero-order valence-corrected chi connectivity index (χ0v) is 17.3. The first kappa shape index (κ1) is 19.8. The first-order valence-corrected chi connectivity index (χ1v) is 10.3. The fraction of sp³-hybridized carbons (Fsp3) is 0.333. The highest BCUT2D eigenvalue weighted by atomic mass is 79.9. The third-order valence-electron chi connectivity index (χ3n) is 5.18. The van der Waals surface area contributed by atoms with Gasteiger partial charge in [0.2, 0.25) is 11.8 Å². The average Bonchev–Trinajstić information content (AvgIpc) is 3.11. The number of nitrogens with one attached hydrogen (secondary N) is 1. The Balaban J connectivity index is 1.41. The van der Waals surface area contributed by atoms with Crippen molar-refractivity contribution in [1.29, 1.82) is 0 Å². The second kappa shape index (κ2) is 8.51. The number of rotatable bonds is 4. The molecule has 8 heteroatoms. The second-order valence-electron chi connectivity index (χ2n) is 7.14. The van der Waals surface area contributed by atoms with Crippen molar-refractivity contribution < 1.29 is 18.7 Å². The predicted molar refractivity (Wildman–Crippen MR) is 113 cm³/mol. The Labute approximate surface area is 176 Å². The molecule has 4 rings (SSSR count). The standard InChI is InChI=1S/C21H21BrFN3O3/c22-15-2-1-3-17(11-15)26-13-14(10-20(26)27)21(28)24-16-4-5-19(18(23)12-16)25-6-8-29-9-7-25/h1-5,11-12,14H,6-10,13H2,(H,24,28). The number of amides is 2. The molecule has 6 nitrogen and oxygen atoms in total. The van der Waals surface area contributed by atoms with E-state index in [1.807, 2.05) is 29.2 Å². The van der Waals surface area contributed by atoms with Gasteiger partial charge in [0.05, 0.1) is 24.8 Å². The lowest BCUT2D eigenvalue weighted by Crippen LogP contribution is -2.36. The smallest absolute Gasteiger partial charge is 0.229 e. The molecule has 0 spiro atoms. The molecule has 1 N–H and O–H groups in total. The summed E-state index contributed by atoms with van der Waals surface area (Å²) >= 11 is 3.40. The summed E-state index contributed by atoms with van der Waals surface area (Å²) in [5.74, 6) is -1.25. The molecule has 2 amide bonds. The normalized spacial score (nSPS) is 19.5. The molecule has 0 aromatic heterocycles. The van der Waals surface area contributed by atoms with Crippen LogP contribution < -0.4 is 15.1 Å². The largest absolute Gasteiger partial charge is 0.378 e. The molecule has 0 aliphatic carbocycles. The molecule has 2 fully saturated rings. The molecule has 0 saturated carbocycles. The van der Waals surface area contributed by atoms with E-state index in [4.69, 9.17) is 4.74 Å². The van der Waals surface area contributed by atoms with Crippen LogP contribution in [0.5, 0.6) is 0 Å². The summed E-state index contributed by atoms with van der Waals surface area (Å²) in [6.07, 6.45) is 0.132. The molecule has 152 valence electrons. The van der Waals surface area contributed by atoms with Crippen LogP contribution in [-0.4, -0.2) is 44.7 Å². The van der Waals surface area contributed by atoms with E-state index in [1.165, 1.54) is 6.07 Å². The van der Waals surface area contributed by atoms with E-state index in [2.05, 4.69) is 21.2 Å². The second-order valence-corrected chi connectivity index (χ2v) is 8.06. The average molecular weight is 462 g/mol. The highest BCUT2D eigenvalue weighted by molar-refractivity contribution is 9.10. The van der Waals surface area contributed by atoms with Crippen molar-refractivity contribution >= 4 is 44.8 Å². The number of hydrogen-bond acceptors (Lipinski definition) is 4. The summed E-state index contributed by atoms with van der Waals surface area (Å²) in [4.78, 5) is 28.6. The Bertz CT molecular complexity index is 933. The van der Waals surface area contributed by atoms with Crippen LogP contribution in [0.3, 0.4) is 0 Å². The van der Waals surface area contributed by atoms with Gasteiger partial charge in [-0.1, -0.05) is 22.0 Å². The molecule has 2 heterocycles. The molecule has 0 radical (unpaired) electrons. The van der Waals surface area contributed by atoms with Gasteiger partial charge in [0, 0.05) is 41.9 Å². The number of anilines is 3. The van der Waals surface area contributed by atoms with Crippen LogP contribution in [-0.2, 0) is 14.3 Å². The fourth-order valence-corrected chi connectivity index (χ4v) is 4.05. The van der Waals surface area contributed by atoms with Crippen molar-refractivity contribution in [2.75, 3.05) is 48.0 Å². The Kier molecular flexibility index (Phi) is 5.82. The van der Waals surface area contributed by atoms with Gasteiger partial charge in [0.25, 0.3) is 0 Å². The molecule has 2 aromatic rings. The number of benzene rings is 2. The summed E-state index contributed by atoms with van der Waals surface area (Å²) in [5.41, 5.74) is 1.64. The van der Waals surface area contributed by atoms with Crippen molar-refractivity contribution in [1.82, 2.24) is 0 Å². The van der Waals surface area contributed by atoms with Gasteiger partial charge in [-0.2, -0.15) is 0 Å². The zero-order valence-electron chi connectivity index (χ0n) is 15.7. The quantitative estimate of drug-likeness (QED) is 0.757. The maximum atomic E-state index is 14.5. The van der Waals surface area contributed by atoms with Crippen LogP contribution in [0.2, 0.25) is 0 Å². The number of hydrogen-bond donors (Lipinski definition) is 1. The molecular formula is C21H21BrFN3O3. The van der Waals surface area contributed by atoms with E-state index in [0.29, 0.717) is 44.2 Å². The highest BCUT2D eigenvalue weighted by Crippen LogP contribution is 2.29. The first-order valence-electron chi connectivity index (χ1n) is 9.50. The number of carbonyl (C=O) groups excluding carboxylic acids is 2. The van der Waals surface area contributed by atoms with Crippen LogP contribution >= 0.6 is 15.9 Å². The molecule has 0 bridgehead atoms. The number of morpholine rings is 1. The van der Waals surface area contributed by atoms with E-state index in [1.54, 1.807) is 17.0 Å². The highest BCUT2D eigenvalue weighted by Gasteiger charge is 2.35. The summed E-state index contributed by atoms with van der Waals surface area (Å²) in [6, 6.07) is 12.1. The molecule has 1 unspecified atom stereocenters. The summed E-state index contributed by atoms with van der Waals surface area (Å²) in [5, 5.41) is 2.75. The fourth-order valence-electron chi connectivity index (χ4n) is 3.67. The molecule has 1 atom stereocenters. The van der Waals surface area contributed by atoms with Crippen molar-refractivity contribution in [2.24, 2.45) is 5.92 Å². The first-order chi connectivity index (χ1) is 14.0. The lowest BCUT2D eigenvalue weighted by molar-refractivity contribution is -0.122. The number of nitrogens with zero attached hydrogens (tertiary/aromatic N) is 2. The van der Waals surface area contributed by atoms with E-state index in [0.717, 1.165) is 10.2 Å². The predicted octanol–water partition coefficient (Wildman–Crippen LogP) is 3.42.